The molecule has 0 fully saturated rings. The molecule has 2 nitrogen and oxygen atoms in total. The van der Waals surface area contributed by atoms with Crippen molar-refractivity contribution in [3.63, 3.8) is 0 Å². The van der Waals surface area contributed by atoms with E-state index in [9.17, 15) is 0 Å². The number of nitrogens with two attached hydrogens (primary N) is 1. The first-order valence-electron chi connectivity index (χ1n) is 8.50. The minimum atomic E-state index is 0.777. The van der Waals surface area contributed by atoms with E-state index in [0.717, 1.165) is 19.5 Å². The van der Waals surface area contributed by atoms with Gasteiger partial charge in [-0.3, -0.25) is 0 Å². The van der Waals surface area contributed by atoms with Crippen molar-refractivity contribution in [2.75, 3.05) is 13.1 Å². The number of allylic oxidation sites excluding steroid dienone is 1. The summed E-state index contributed by atoms with van der Waals surface area (Å²) in [5, 5.41) is 3.26. The van der Waals surface area contributed by atoms with Crippen LogP contribution in [0.15, 0.2) is 12.3 Å². The molecule has 0 saturated heterocycles. The molecule has 0 bridgehead atoms. The summed E-state index contributed by atoms with van der Waals surface area (Å²) in [7, 11) is 0. The van der Waals surface area contributed by atoms with Crippen molar-refractivity contribution in [3.8, 4) is 0 Å². The Morgan fingerprint density at radius 2 is 1.37 bits per heavy atom. The number of nitrogens with one attached hydrogen (secondary N) is 1. The normalized spacial score (nSPS) is 11.3. The summed E-state index contributed by atoms with van der Waals surface area (Å²) in [5.41, 5.74) is 5.42. The molecule has 0 aromatic rings. The molecule has 19 heavy (non-hydrogen) atoms. The van der Waals surface area contributed by atoms with E-state index in [2.05, 4.69) is 24.5 Å². The second kappa shape index (κ2) is 17.5. The maximum absolute atomic E-state index is 5.42. The lowest BCUT2D eigenvalue weighted by atomic mass is 10.1. The summed E-state index contributed by atoms with van der Waals surface area (Å²) < 4.78 is 0. The molecule has 2 heteroatoms. The zero-order valence-corrected chi connectivity index (χ0v) is 13.1. The van der Waals surface area contributed by atoms with Crippen molar-refractivity contribution in [2.24, 2.45) is 5.73 Å². The van der Waals surface area contributed by atoms with Gasteiger partial charge in [-0.05, 0) is 32.0 Å². The maximum atomic E-state index is 5.42. The highest BCUT2D eigenvalue weighted by molar-refractivity contribution is 4.79. The quantitative estimate of drug-likeness (QED) is 0.421. The summed E-state index contributed by atoms with van der Waals surface area (Å²) in [6.07, 6.45) is 20.8. The minimum Gasteiger partial charge on any atom is -0.391 e. The highest BCUT2D eigenvalue weighted by Gasteiger charge is 1.91. The Kier molecular flexibility index (Phi) is 17.0. The zero-order valence-electron chi connectivity index (χ0n) is 13.1. The van der Waals surface area contributed by atoms with Gasteiger partial charge in [0, 0.05) is 6.54 Å². The van der Waals surface area contributed by atoms with E-state index in [4.69, 9.17) is 5.73 Å². The largest absolute Gasteiger partial charge is 0.391 e. The van der Waals surface area contributed by atoms with Crippen LogP contribution in [0.1, 0.15) is 84.0 Å². The molecule has 0 aliphatic heterocycles. The minimum absolute atomic E-state index is 0.777. The van der Waals surface area contributed by atoms with Crippen molar-refractivity contribution in [1.29, 1.82) is 0 Å². The maximum Gasteiger partial charge on any atom is 0.0153 e. The zero-order chi connectivity index (χ0) is 14.0. The van der Waals surface area contributed by atoms with Crippen LogP contribution in [0.4, 0.5) is 0 Å². The average Bonchev–Trinajstić information content (AvgIpc) is 2.43. The number of unbranched alkanes of at least 4 members (excludes halogenated alkanes) is 10. The molecule has 0 atom stereocenters. The van der Waals surface area contributed by atoms with E-state index in [1.54, 1.807) is 0 Å². The molecule has 3 N–H and O–H groups in total. The molecule has 0 aromatic heterocycles. The van der Waals surface area contributed by atoms with E-state index in [-0.39, 0.29) is 0 Å². The lowest BCUT2D eigenvalue weighted by molar-refractivity contribution is 0.557. The number of hydrogen-bond donors (Lipinski definition) is 2. The van der Waals surface area contributed by atoms with Crippen LogP contribution in [0, 0.1) is 0 Å². The molecular formula is C17H36N2. The fourth-order valence-corrected chi connectivity index (χ4v) is 2.20. The third-order valence-corrected chi connectivity index (χ3v) is 3.49. The first-order chi connectivity index (χ1) is 9.41. The molecule has 0 amide bonds. The first-order valence-corrected chi connectivity index (χ1v) is 8.50. The lowest BCUT2D eigenvalue weighted by Gasteiger charge is -2.01. The van der Waals surface area contributed by atoms with Crippen LogP contribution in [-0.2, 0) is 0 Å². The fraction of sp³-hybridized carbons (Fsp3) is 0.882. The van der Waals surface area contributed by atoms with Gasteiger partial charge in [0.05, 0.1) is 0 Å². The van der Waals surface area contributed by atoms with Gasteiger partial charge in [0.15, 0.2) is 0 Å². The second-order valence-corrected chi connectivity index (χ2v) is 5.47. The highest BCUT2D eigenvalue weighted by Crippen LogP contribution is 2.11. The van der Waals surface area contributed by atoms with E-state index in [1.165, 1.54) is 70.6 Å². The van der Waals surface area contributed by atoms with Crippen LogP contribution in [0.2, 0.25) is 0 Å². The summed E-state index contributed by atoms with van der Waals surface area (Å²) in [6, 6.07) is 0. The van der Waals surface area contributed by atoms with Crippen molar-refractivity contribution in [1.82, 2.24) is 5.32 Å². The van der Waals surface area contributed by atoms with Gasteiger partial charge in [0.25, 0.3) is 0 Å². The second-order valence-electron chi connectivity index (χ2n) is 5.47. The Labute approximate surface area is 121 Å². The van der Waals surface area contributed by atoms with Crippen LogP contribution in [-0.4, -0.2) is 13.1 Å². The molecule has 114 valence electrons. The van der Waals surface area contributed by atoms with Crippen molar-refractivity contribution >= 4 is 0 Å². The predicted octanol–water partition coefficient (Wildman–Crippen LogP) is 4.75. The summed E-state index contributed by atoms with van der Waals surface area (Å²) in [4.78, 5) is 0. The molecule has 0 spiro atoms. The van der Waals surface area contributed by atoms with Gasteiger partial charge in [-0.2, -0.15) is 0 Å². The predicted molar refractivity (Wildman–Crippen MR) is 87.3 cm³/mol. The van der Waals surface area contributed by atoms with E-state index in [1.807, 2.05) is 0 Å². The van der Waals surface area contributed by atoms with Gasteiger partial charge in [-0.15, -0.1) is 0 Å². The molecule has 0 aliphatic carbocycles. The van der Waals surface area contributed by atoms with Crippen molar-refractivity contribution in [2.45, 2.75) is 84.0 Å². The van der Waals surface area contributed by atoms with Crippen LogP contribution in [0.3, 0.4) is 0 Å². The van der Waals surface area contributed by atoms with E-state index in [0.29, 0.717) is 0 Å². The van der Waals surface area contributed by atoms with Crippen LogP contribution in [0.25, 0.3) is 0 Å². The topological polar surface area (TPSA) is 38.0 Å². The van der Waals surface area contributed by atoms with Gasteiger partial charge in [-0.1, -0.05) is 70.8 Å². The Morgan fingerprint density at radius 3 is 1.95 bits per heavy atom. The van der Waals surface area contributed by atoms with E-state index < -0.39 is 0 Å². The smallest absolute Gasteiger partial charge is 0.0153 e. The van der Waals surface area contributed by atoms with Crippen LogP contribution in [0.5, 0.6) is 0 Å². The average molecular weight is 268 g/mol. The van der Waals surface area contributed by atoms with Gasteiger partial charge in [0.1, 0.15) is 0 Å². The Morgan fingerprint density at radius 1 is 0.789 bits per heavy atom. The number of hydrogen-bond acceptors (Lipinski definition) is 2. The molecule has 0 rings (SSSR count). The fourth-order valence-electron chi connectivity index (χ4n) is 2.20. The van der Waals surface area contributed by atoms with Crippen molar-refractivity contribution in [3.05, 3.63) is 12.3 Å². The monoisotopic (exact) mass is 268 g/mol. The molecule has 0 radical (unpaired) electrons. The van der Waals surface area contributed by atoms with Gasteiger partial charge in [0.2, 0.25) is 0 Å². The van der Waals surface area contributed by atoms with Gasteiger partial charge >= 0.3 is 0 Å². The van der Waals surface area contributed by atoms with E-state index >= 15 is 0 Å². The Bertz CT molecular complexity index is 178. The number of rotatable bonds is 15. The molecule has 0 unspecified atom stereocenters. The highest BCUT2D eigenvalue weighted by atomic mass is 14.8. The molecular weight excluding hydrogens is 232 g/mol. The molecule has 0 saturated carbocycles. The molecule has 0 aromatic carbocycles. The Hall–Kier alpha value is -0.500. The van der Waals surface area contributed by atoms with Gasteiger partial charge < -0.3 is 11.1 Å². The van der Waals surface area contributed by atoms with Crippen LogP contribution >= 0.6 is 0 Å². The first kappa shape index (κ1) is 18.5. The summed E-state index contributed by atoms with van der Waals surface area (Å²) >= 11 is 0. The third kappa shape index (κ3) is 17.5. The standard InChI is InChI=1S/C17H36N2/c1-2-3-4-5-6-7-8-9-10-11-12-13-16-19-17-14-15-18/h13,16,19H,2-12,14-15,17-18H2,1H3. The summed E-state index contributed by atoms with van der Waals surface area (Å²) in [6.45, 7) is 4.06. The third-order valence-electron chi connectivity index (χ3n) is 3.49. The molecule has 0 heterocycles. The Balaban J connectivity index is 2.98. The lowest BCUT2D eigenvalue weighted by Crippen LogP contribution is -2.11. The van der Waals surface area contributed by atoms with Crippen LogP contribution < -0.4 is 11.1 Å². The molecule has 0 aliphatic rings. The van der Waals surface area contributed by atoms with Gasteiger partial charge in [-0.25, -0.2) is 0 Å². The van der Waals surface area contributed by atoms with Crippen molar-refractivity contribution < 1.29 is 0 Å². The summed E-state index contributed by atoms with van der Waals surface area (Å²) in [5.74, 6) is 0. The SMILES string of the molecule is CCCCCCCCCCCCC=CNCCCN.